The van der Waals surface area contributed by atoms with Gasteiger partial charge in [0.05, 0.1) is 21.3 Å². The van der Waals surface area contributed by atoms with Crippen LogP contribution in [-0.4, -0.2) is 76.8 Å². The number of aliphatic carboxylic acids is 2. The van der Waals surface area contributed by atoms with Gasteiger partial charge in [-0.2, -0.15) is 13.2 Å². The van der Waals surface area contributed by atoms with Crippen molar-refractivity contribution >= 4 is 23.3 Å². The number of carbonyl (C=O) groups is 2. The SMILES string of the molecule is CC1NC(C)C(CCCN2CCN(c3cccc(C(F)(F)F)c3)CC2)(C(=O)O)C(c2cccc([N+](=O)[O-])c2)C1(C)C(=O)O. The Kier molecular flexibility index (Phi) is 9.08. The highest BCUT2D eigenvalue weighted by Crippen LogP contribution is 2.57. The lowest BCUT2D eigenvalue weighted by molar-refractivity contribution is -0.385. The number of hydrogen-bond acceptors (Lipinski definition) is 7. The van der Waals surface area contributed by atoms with E-state index in [2.05, 4.69) is 10.2 Å². The summed E-state index contributed by atoms with van der Waals surface area (Å²) in [5.41, 5.74) is -3.38. The second-order valence-electron chi connectivity index (χ2n) is 11.8. The number of alkyl halides is 3. The first-order valence-corrected chi connectivity index (χ1v) is 14.2. The van der Waals surface area contributed by atoms with Gasteiger partial charge in [0.15, 0.2) is 0 Å². The van der Waals surface area contributed by atoms with Crippen LogP contribution in [0, 0.1) is 20.9 Å². The van der Waals surface area contributed by atoms with Crippen LogP contribution in [0.1, 0.15) is 50.7 Å². The van der Waals surface area contributed by atoms with Gasteiger partial charge in [-0.05, 0) is 63.9 Å². The molecule has 0 spiro atoms. The normalized spacial score (nSPS) is 28.4. The Morgan fingerprint density at radius 2 is 1.67 bits per heavy atom. The molecule has 2 heterocycles. The van der Waals surface area contributed by atoms with Crippen molar-refractivity contribution in [2.45, 2.75) is 57.8 Å². The van der Waals surface area contributed by atoms with E-state index in [-0.39, 0.29) is 17.7 Å². The van der Waals surface area contributed by atoms with E-state index in [0.717, 1.165) is 12.1 Å². The number of nitro benzene ring substituents is 1. The zero-order valence-corrected chi connectivity index (χ0v) is 24.3. The van der Waals surface area contributed by atoms with E-state index in [1.807, 2.05) is 4.90 Å². The second-order valence-corrected chi connectivity index (χ2v) is 11.8. The van der Waals surface area contributed by atoms with Gasteiger partial charge in [-0.15, -0.1) is 0 Å². The van der Waals surface area contributed by atoms with E-state index in [4.69, 9.17) is 0 Å². The molecule has 2 fully saturated rings. The first kappa shape index (κ1) is 32.2. The highest BCUT2D eigenvalue weighted by Gasteiger charge is 2.64. The third-order valence-electron chi connectivity index (χ3n) is 9.54. The average molecular weight is 607 g/mol. The van der Waals surface area contributed by atoms with Crippen LogP contribution in [0.25, 0.3) is 0 Å². The van der Waals surface area contributed by atoms with Crippen molar-refractivity contribution in [2.24, 2.45) is 10.8 Å². The second kappa shape index (κ2) is 12.1. The number of piperazine rings is 1. The Morgan fingerprint density at radius 3 is 2.26 bits per heavy atom. The van der Waals surface area contributed by atoms with Crippen molar-refractivity contribution < 1.29 is 37.9 Å². The quantitative estimate of drug-likeness (QED) is 0.271. The number of piperidine rings is 1. The molecule has 4 rings (SSSR count). The molecule has 43 heavy (non-hydrogen) atoms. The summed E-state index contributed by atoms with van der Waals surface area (Å²) in [6.07, 6.45) is -3.93. The first-order chi connectivity index (χ1) is 20.1. The number of hydrogen-bond donors (Lipinski definition) is 3. The maximum atomic E-state index is 13.2. The molecule has 2 aromatic carbocycles. The van der Waals surface area contributed by atoms with Crippen LogP contribution < -0.4 is 10.2 Å². The Hall–Kier alpha value is -3.71. The van der Waals surface area contributed by atoms with Gasteiger partial charge in [0, 0.05) is 62.0 Å². The molecule has 0 bridgehead atoms. The molecule has 2 aliphatic rings. The molecule has 234 valence electrons. The molecule has 0 amide bonds. The molecule has 2 saturated heterocycles. The van der Waals surface area contributed by atoms with Crippen molar-refractivity contribution in [1.29, 1.82) is 0 Å². The number of nitrogens with zero attached hydrogens (tertiary/aromatic N) is 3. The van der Waals surface area contributed by atoms with Gasteiger partial charge in [0.1, 0.15) is 0 Å². The van der Waals surface area contributed by atoms with Crippen LogP contribution in [0.5, 0.6) is 0 Å². The molecule has 2 aliphatic heterocycles. The van der Waals surface area contributed by atoms with Crippen LogP contribution >= 0.6 is 0 Å². The van der Waals surface area contributed by atoms with Crippen LogP contribution in [0.4, 0.5) is 24.5 Å². The third kappa shape index (κ3) is 6.05. The maximum Gasteiger partial charge on any atom is 0.416 e. The van der Waals surface area contributed by atoms with Gasteiger partial charge in [-0.3, -0.25) is 24.6 Å². The molecule has 0 aliphatic carbocycles. The van der Waals surface area contributed by atoms with Crippen LogP contribution in [0.15, 0.2) is 48.5 Å². The highest BCUT2D eigenvalue weighted by molar-refractivity contribution is 5.84. The Balaban J connectivity index is 1.56. The Morgan fingerprint density at radius 1 is 1.02 bits per heavy atom. The van der Waals surface area contributed by atoms with Crippen LogP contribution in [0.3, 0.4) is 0 Å². The van der Waals surface area contributed by atoms with E-state index >= 15 is 0 Å². The lowest BCUT2D eigenvalue weighted by Crippen LogP contribution is -2.68. The number of nitro groups is 1. The minimum atomic E-state index is -4.43. The minimum absolute atomic E-state index is 0.104. The molecular formula is C30H37F3N4O6. The van der Waals surface area contributed by atoms with Crippen molar-refractivity contribution in [1.82, 2.24) is 10.2 Å². The summed E-state index contributed by atoms with van der Waals surface area (Å²) in [4.78, 5) is 41.0. The summed E-state index contributed by atoms with van der Waals surface area (Å²) in [7, 11) is 0. The number of benzene rings is 2. The molecule has 2 aromatic rings. The predicted octanol–water partition coefficient (Wildman–Crippen LogP) is 4.84. The van der Waals surface area contributed by atoms with E-state index in [1.54, 1.807) is 26.0 Å². The van der Waals surface area contributed by atoms with Gasteiger partial charge in [0.2, 0.25) is 0 Å². The van der Waals surface area contributed by atoms with Crippen molar-refractivity contribution in [3.8, 4) is 0 Å². The van der Waals surface area contributed by atoms with Crippen molar-refractivity contribution in [3.05, 3.63) is 69.8 Å². The molecule has 10 nitrogen and oxygen atoms in total. The number of nitrogens with one attached hydrogen (secondary N) is 1. The number of anilines is 1. The van der Waals surface area contributed by atoms with E-state index < -0.39 is 57.4 Å². The molecule has 0 aromatic heterocycles. The van der Waals surface area contributed by atoms with Crippen molar-refractivity contribution in [3.63, 3.8) is 0 Å². The summed E-state index contributed by atoms with van der Waals surface area (Å²) in [5.74, 6) is -3.47. The van der Waals surface area contributed by atoms with Crippen LogP contribution in [0.2, 0.25) is 0 Å². The van der Waals surface area contributed by atoms with Gasteiger partial charge >= 0.3 is 18.1 Å². The molecular weight excluding hydrogens is 569 g/mol. The summed E-state index contributed by atoms with van der Waals surface area (Å²) < 4.78 is 39.5. The Labute approximate surface area is 247 Å². The van der Waals surface area contributed by atoms with Crippen LogP contribution in [-0.2, 0) is 15.8 Å². The number of carboxylic acid groups (broad SMARTS) is 2. The molecule has 3 N–H and O–H groups in total. The molecule has 5 unspecified atom stereocenters. The van der Waals surface area contributed by atoms with Gasteiger partial charge in [-0.25, -0.2) is 0 Å². The fraction of sp³-hybridized carbons (Fsp3) is 0.533. The smallest absolute Gasteiger partial charge is 0.416 e. The van der Waals surface area contributed by atoms with Gasteiger partial charge in [0.25, 0.3) is 5.69 Å². The standard InChI is InChI=1S/C30H37F3N4O6/c1-19-28(3,26(38)39)25(21-7-4-10-24(17-21)37(42)43)29(27(40)41,20(2)34-19)11-6-12-35-13-15-36(16-14-35)23-9-5-8-22(18-23)30(31,32)33/h4-5,7-10,17-20,25,34H,6,11-16H2,1-3H3,(H,38,39)(H,40,41). The number of non-ortho nitro benzene ring substituents is 1. The predicted molar refractivity (Wildman–Crippen MR) is 153 cm³/mol. The Bertz CT molecular complexity index is 1370. The third-order valence-corrected chi connectivity index (χ3v) is 9.54. The molecule has 13 heteroatoms. The molecule has 5 atom stereocenters. The molecule has 0 radical (unpaired) electrons. The number of carboxylic acids is 2. The average Bonchev–Trinajstić information content (AvgIpc) is 2.95. The van der Waals surface area contributed by atoms with E-state index in [0.29, 0.717) is 44.8 Å². The van der Waals surface area contributed by atoms with E-state index in [1.165, 1.54) is 31.2 Å². The summed E-state index contributed by atoms with van der Waals surface area (Å²) in [6, 6.07) is 9.49. The topological polar surface area (TPSA) is 136 Å². The monoisotopic (exact) mass is 606 g/mol. The fourth-order valence-corrected chi connectivity index (χ4v) is 6.98. The number of rotatable bonds is 9. The summed E-state index contributed by atoms with van der Waals surface area (Å²) >= 11 is 0. The fourth-order valence-electron chi connectivity index (χ4n) is 6.98. The summed E-state index contributed by atoms with van der Waals surface area (Å²) in [5, 5.41) is 36.0. The summed E-state index contributed by atoms with van der Waals surface area (Å²) in [6.45, 7) is 7.49. The zero-order chi connectivity index (χ0) is 31.7. The van der Waals surface area contributed by atoms with Gasteiger partial charge in [-0.1, -0.05) is 18.2 Å². The van der Waals surface area contributed by atoms with E-state index in [9.17, 15) is 43.1 Å². The van der Waals surface area contributed by atoms with Gasteiger partial charge < -0.3 is 20.4 Å². The largest absolute Gasteiger partial charge is 0.481 e. The lowest BCUT2D eigenvalue weighted by Gasteiger charge is -2.56. The molecule has 0 saturated carbocycles. The lowest BCUT2D eigenvalue weighted by atomic mass is 9.51. The zero-order valence-electron chi connectivity index (χ0n) is 24.3. The first-order valence-electron chi connectivity index (χ1n) is 14.2. The van der Waals surface area contributed by atoms with Crippen molar-refractivity contribution in [2.75, 3.05) is 37.6 Å². The number of halogens is 3. The maximum absolute atomic E-state index is 13.2. The minimum Gasteiger partial charge on any atom is -0.481 e. The highest BCUT2D eigenvalue weighted by atomic mass is 19.4.